The van der Waals surface area contributed by atoms with Gasteiger partial charge < -0.3 is 10.7 Å². The van der Waals surface area contributed by atoms with Gasteiger partial charge in [-0.15, -0.1) is 0 Å². The first-order valence-corrected chi connectivity index (χ1v) is 5.16. The van der Waals surface area contributed by atoms with E-state index in [9.17, 15) is 0 Å². The Morgan fingerprint density at radius 2 is 2.07 bits per heavy atom. The van der Waals surface area contributed by atoms with E-state index in [1.54, 1.807) is 0 Å². The zero-order valence-electron chi connectivity index (χ0n) is 7.89. The van der Waals surface area contributed by atoms with Crippen LogP contribution in [-0.2, 0) is 6.42 Å². The summed E-state index contributed by atoms with van der Waals surface area (Å²) in [6, 6.07) is 8.06. The van der Waals surface area contributed by atoms with Crippen molar-refractivity contribution in [1.82, 2.24) is 4.98 Å². The van der Waals surface area contributed by atoms with Gasteiger partial charge in [0.15, 0.2) is 0 Å². The minimum absolute atomic E-state index is 0.700. The third kappa shape index (κ3) is 1.63. The predicted octanol–water partition coefficient (Wildman–Crippen LogP) is 2.71. The van der Waals surface area contributed by atoms with Gasteiger partial charge >= 0.3 is 0 Å². The first-order chi connectivity index (χ1) is 6.83. The summed E-state index contributed by atoms with van der Waals surface area (Å²) < 4.78 is 0. The number of hydrogen-bond donors (Lipinski definition) is 2. The molecular weight excluding hydrogens is 196 g/mol. The number of aromatic nitrogens is 1. The lowest BCUT2D eigenvalue weighted by Crippen LogP contribution is -2.00. The summed E-state index contributed by atoms with van der Waals surface area (Å²) in [7, 11) is 0. The van der Waals surface area contributed by atoms with Gasteiger partial charge in [-0.2, -0.15) is 0 Å². The average Bonchev–Trinajstić information content (AvgIpc) is 2.54. The van der Waals surface area contributed by atoms with E-state index in [4.69, 9.17) is 17.3 Å². The van der Waals surface area contributed by atoms with Gasteiger partial charge in [0.1, 0.15) is 0 Å². The second kappa shape index (κ2) is 4.03. The van der Waals surface area contributed by atoms with Crippen LogP contribution < -0.4 is 5.73 Å². The molecule has 2 nitrogen and oxygen atoms in total. The first kappa shape index (κ1) is 9.56. The number of benzene rings is 1. The molecule has 0 unspecified atom stereocenters. The smallest absolute Gasteiger partial charge is 0.0691 e. The molecule has 0 saturated heterocycles. The Morgan fingerprint density at radius 1 is 1.29 bits per heavy atom. The van der Waals surface area contributed by atoms with Crippen LogP contribution in [0.4, 0.5) is 0 Å². The lowest BCUT2D eigenvalue weighted by Gasteiger charge is -1.95. The van der Waals surface area contributed by atoms with Crippen LogP contribution >= 0.6 is 11.6 Å². The maximum atomic E-state index is 6.22. The lowest BCUT2D eigenvalue weighted by molar-refractivity contribution is 0.818. The van der Waals surface area contributed by atoms with Crippen molar-refractivity contribution < 1.29 is 0 Å². The molecule has 0 aliphatic carbocycles. The molecule has 1 aromatic carbocycles. The van der Waals surface area contributed by atoms with Crippen molar-refractivity contribution in [2.24, 2.45) is 5.73 Å². The summed E-state index contributed by atoms with van der Waals surface area (Å²) in [5.41, 5.74) is 7.66. The summed E-state index contributed by atoms with van der Waals surface area (Å²) in [4.78, 5) is 3.31. The van der Waals surface area contributed by atoms with Crippen LogP contribution in [0.5, 0.6) is 0 Å². The number of para-hydroxylation sites is 1. The van der Waals surface area contributed by atoms with E-state index in [1.165, 1.54) is 0 Å². The molecule has 3 heteroatoms. The highest BCUT2D eigenvalue weighted by Gasteiger charge is 2.07. The first-order valence-electron chi connectivity index (χ1n) is 4.78. The third-order valence-electron chi connectivity index (χ3n) is 2.34. The van der Waals surface area contributed by atoms with Crippen LogP contribution in [0.15, 0.2) is 24.3 Å². The molecule has 1 aromatic heterocycles. The lowest BCUT2D eigenvalue weighted by atomic mass is 10.2. The fourth-order valence-corrected chi connectivity index (χ4v) is 1.92. The Kier molecular flexibility index (Phi) is 2.75. The molecule has 14 heavy (non-hydrogen) atoms. The normalized spacial score (nSPS) is 11.0. The van der Waals surface area contributed by atoms with Gasteiger partial charge in [0, 0.05) is 16.6 Å². The Morgan fingerprint density at radius 3 is 2.79 bits per heavy atom. The van der Waals surface area contributed by atoms with Crippen LogP contribution in [0.1, 0.15) is 12.1 Å². The second-order valence-corrected chi connectivity index (χ2v) is 3.73. The maximum absolute atomic E-state index is 6.22. The summed E-state index contributed by atoms with van der Waals surface area (Å²) >= 11 is 6.22. The van der Waals surface area contributed by atoms with Crippen molar-refractivity contribution >= 4 is 22.5 Å². The fraction of sp³-hybridized carbons (Fsp3) is 0.273. The van der Waals surface area contributed by atoms with Crippen molar-refractivity contribution in [2.45, 2.75) is 12.8 Å². The van der Waals surface area contributed by atoms with Gasteiger partial charge in [-0.1, -0.05) is 29.8 Å². The molecule has 0 radical (unpaired) electrons. The summed E-state index contributed by atoms with van der Waals surface area (Å²) in [6.45, 7) is 0.700. The highest BCUT2D eigenvalue weighted by atomic mass is 35.5. The second-order valence-electron chi connectivity index (χ2n) is 3.36. The molecule has 0 amide bonds. The van der Waals surface area contributed by atoms with Crippen LogP contribution in [0, 0.1) is 0 Å². The monoisotopic (exact) mass is 208 g/mol. The quantitative estimate of drug-likeness (QED) is 0.800. The van der Waals surface area contributed by atoms with Crippen molar-refractivity contribution in [3.05, 3.63) is 35.0 Å². The zero-order valence-corrected chi connectivity index (χ0v) is 8.64. The molecule has 0 aliphatic rings. The SMILES string of the molecule is NCCCc1[nH]c2ccccc2c1Cl. The largest absolute Gasteiger partial charge is 0.357 e. The molecule has 0 saturated carbocycles. The Balaban J connectivity index is 2.41. The molecule has 0 spiro atoms. The standard InChI is InChI=1S/C11H13ClN2/c12-11-8-4-1-2-5-9(8)14-10(11)6-3-7-13/h1-2,4-5,14H,3,6-7,13H2. The van der Waals surface area contributed by atoms with E-state index in [-0.39, 0.29) is 0 Å². The molecular formula is C11H13ClN2. The highest BCUT2D eigenvalue weighted by Crippen LogP contribution is 2.27. The number of aromatic amines is 1. The highest BCUT2D eigenvalue weighted by molar-refractivity contribution is 6.36. The zero-order chi connectivity index (χ0) is 9.97. The van der Waals surface area contributed by atoms with Crippen molar-refractivity contribution in [3.8, 4) is 0 Å². The number of rotatable bonds is 3. The van der Waals surface area contributed by atoms with Gasteiger partial charge in [-0.3, -0.25) is 0 Å². The van der Waals surface area contributed by atoms with E-state index in [1.807, 2.05) is 24.3 Å². The summed E-state index contributed by atoms with van der Waals surface area (Å²) in [5.74, 6) is 0. The van der Waals surface area contributed by atoms with Gasteiger partial charge in [-0.25, -0.2) is 0 Å². The molecule has 1 heterocycles. The van der Waals surface area contributed by atoms with Crippen LogP contribution in [0.25, 0.3) is 10.9 Å². The number of halogens is 1. The van der Waals surface area contributed by atoms with E-state index in [0.717, 1.165) is 34.5 Å². The van der Waals surface area contributed by atoms with Crippen LogP contribution in [-0.4, -0.2) is 11.5 Å². The van der Waals surface area contributed by atoms with Gasteiger partial charge in [0.05, 0.1) is 5.02 Å². The van der Waals surface area contributed by atoms with Crippen molar-refractivity contribution in [2.75, 3.05) is 6.54 Å². The third-order valence-corrected chi connectivity index (χ3v) is 2.78. The van der Waals surface area contributed by atoms with Gasteiger partial charge in [0.25, 0.3) is 0 Å². The van der Waals surface area contributed by atoms with E-state index in [2.05, 4.69) is 4.98 Å². The molecule has 2 aromatic rings. The van der Waals surface area contributed by atoms with Gasteiger partial charge in [0.2, 0.25) is 0 Å². The van der Waals surface area contributed by atoms with E-state index >= 15 is 0 Å². The fourth-order valence-electron chi connectivity index (χ4n) is 1.61. The summed E-state index contributed by atoms with van der Waals surface area (Å²) in [6.07, 6.45) is 1.89. The Hall–Kier alpha value is -0.990. The van der Waals surface area contributed by atoms with Crippen molar-refractivity contribution in [3.63, 3.8) is 0 Å². The number of aryl methyl sites for hydroxylation is 1. The molecule has 3 N–H and O–H groups in total. The van der Waals surface area contributed by atoms with Crippen molar-refractivity contribution in [1.29, 1.82) is 0 Å². The minimum Gasteiger partial charge on any atom is -0.357 e. The van der Waals surface area contributed by atoms with E-state index in [0.29, 0.717) is 6.54 Å². The van der Waals surface area contributed by atoms with Crippen LogP contribution in [0.3, 0.4) is 0 Å². The van der Waals surface area contributed by atoms with E-state index < -0.39 is 0 Å². The Bertz CT molecular complexity index is 434. The number of nitrogens with one attached hydrogen (secondary N) is 1. The van der Waals surface area contributed by atoms with Gasteiger partial charge in [-0.05, 0) is 25.5 Å². The molecule has 74 valence electrons. The number of fused-ring (bicyclic) bond motifs is 1. The Labute approximate surface area is 88.1 Å². The molecule has 2 rings (SSSR count). The summed E-state index contributed by atoms with van der Waals surface area (Å²) in [5, 5.41) is 1.94. The number of H-pyrrole nitrogens is 1. The molecule has 0 atom stereocenters. The number of hydrogen-bond acceptors (Lipinski definition) is 1. The molecule has 0 fully saturated rings. The molecule has 0 bridgehead atoms. The van der Waals surface area contributed by atoms with Crippen LogP contribution in [0.2, 0.25) is 5.02 Å². The maximum Gasteiger partial charge on any atom is 0.0691 e. The topological polar surface area (TPSA) is 41.8 Å². The molecule has 0 aliphatic heterocycles. The number of nitrogens with two attached hydrogens (primary N) is 1. The minimum atomic E-state index is 0.700. The average molecular weight is 209 g/mol. The predicted molar refractivity (Wildman–Crippen MR) is 60.7 cm³/mol.